The second-order valence-corrected chi connectivity index (χ2v) is 10.4. The molecule has 0 spiro atoms. The van der Waals surface area contributed by atoms with Gasteiger partial charge in [-0.2, -0.15) is 0 Å². The number of piperidine rings is 1. The SMILES string of the molecule is COc1nc2ccc(SC)cc2cc1C(c1ccc(Cl)cc1)C1(OC)CCNCC1(C)C. The lowest BCUT2D eigenvalue weighted by molar-refractivity contribution is -0.128. The largest absolute Gasteiger partial charge is 0.481 e. The number of rotatable bonds is 6. The lowest BCUT2D eigenvalue weighted by atomic mass is 9.60. The lowest BCUT2D eigenvalue weighted by Gasteiger charge is -2.54. The molecule has 1 aromatic heterocycles. The molecule has 1 aliphatic heterocycles. The van der Waals surface area contributed by atoms with Crippen LogP contribution in [0.25, 0.3) is 10.9 Å². The van der Waals surface area contributed by atoms with Crippen LogP contribution in [0.4, 0.5) is 0 Å². The molecule has 0 amide bonds. The predicted molar refractivity (Wildman–Crippen MR) is 134 cm³/mol. The Morgan fingerprint density at radius 3 is 2.47 bits per heavy atom. The second-order valence-electron chi connectivity index (χ2n) is 9.03. The van der Waals surface area contributed by atoms with Gasteiger partial charge < -0.3 is 14.8 Å². The molecule has 0 aliphatic carbocycles. The summed E-state index contributed by atoms with van der Waals surface area (Å²) in [5.74, 6) is 0.562. The van der Waals surface area contributed by atoms with Crippen molar-refractivity contribution >= 4 is 34.3 Å². The van der Waals surface area contributed by atoms with E-state index in [1.807, 2.05) is 19.2 Å². The smallest absolute Gasteiger partial charge is 0.217 e. The quantitative estimate of drug-likeness (QED) is 0.437. The Hall–Kier alpha value is -1.79. The molecule has 4 rings (SSSR count). The Labute approximate surface area is 200 Å². The molecule has 32 heavy (non-hydrogen) atoms. The fourth-order valence-corrected chi connectivity index (χ4v) is 5.77. The van der Waals surface area contributed by atoms with E-state index in [9.17, 15) is 0 Å². The molecule has 4 nitrogen and oxygen atoms in total. The average molecular weight is 471 g/mol. The maximum absolute atomic E-state index is 6.49. The van der Waals surface area contributed by atoms with Crippen molar-refractivity contribution in [3.8, 4) is 5.88 Å². The van der Waals surface area contributed by atoms with Crippen LogP contribution in [-0.4, -0.2) is 44.1 Å². The van der Waals surface area contributed by atoms with Gasteiger partial charge in [0.25, 0.3) is 0 Å². The van der Waals surface area contributed by atoms with E-state index in [1.165, 1.54) is 4.90 Å². The van der Waals surface area contributed by atoms with Crippen molar-refractivity contribution in [3.63, 3.8) is 0 Å². The van der Waals surface area contributed by atoms with Gasteiger partial charge in [0.1, 0.15) is 0 Å². The Morgan fingerprint density at radius 1 is 1.09 bits per heavy atom. The van der Waals surface area contributed by atoms with Gasteiger partial charge in [-0.25, -0.2) is 4.98 Å². The van der Waals surface area contributed by atoms with Crippen LogP contribution in [0.5, 0.6) is 5.88 Å². The van der Waals surface area contributed by atoms with Crippen molar-refractivity contribution in [2.24, 2.45) is 5.41 Å². The number of methoxy groups -OCH3 is 2. The maximum Gasteiger partial charge on any atom is 0.217 e. The normalized spacial score (nSPS) is 21.4. The van der Waals surface area contributed by atoms with Crippen LogP contribution in [0.1, 0.15) is 37.3 Å². The van der Waals surface area contributed by atoms with Gasteiger partial charge in [-0.15, -0.1) is 11.8 Å². The molecule has 0 saturated carbocycles. The first-order valence-electron chi connectivity index (χ1n) is 10.9. The van der Waals surface area contributed by atoms with Gasteiger partial charge in [-0.05, 0) is 61.2 Å². The van der Waals surface area contributed by atoms with Crippen LogP contribution in [-0.2, 0) is 4.74 Å². The van der Waals surface area contributed by atoms with Crippen molar-refractivity contribution < 1.29 is 9.47 Å². The summed E-state index contributed by atoms with van der Waals surface area (Å²) in [5.41, 5.74) is 2.52. The number of ether oxygens (including phenoxy) is 2. The summed E-state index contributed by atoms with van der Waals surface area (Å²) in [4.78, 5) is 6.12. The Balaban J connectivity index is 2.02. The van der Waals surface area contributed by atoms with Crippen molar-refractivity contribution in [1.29, 1.82) is 0 Å². The fourth-order valence-electron chi connectivity index (χ4n) is 5.20. The number of nitrogens with zero attached hydrogens (tertiary/aromatic N) is 1. The molecule has 1 N–H and O–H groups in total. The third kappa shape index (κ3) is 4.01. The van der Waals surface area contributed by atoms with Crippen molar-refractivity contribution in [2.45, 2.75) is 36.7 Å². The molecule has 6 heteroatoms. The maximum atomic E-state index is 6.49. The van der Waals surface area contributed by atoms with Crippen LogP contribution >= 0.6 is 23.4 Å². The molecule has 170 valence electrons. The van der Waals surface area contributed by atoms with Crippen molar-refractivity contribution in [3.05, 3.63) is 64.7 Å². The van der Waals surface area contributed by atoms with Crippen LogP contribution in [0.3, 0.4) is 0 Å². The predicted octanol–water partition coefficient (Wildman–Crippen LogP) is 6.16. The summed E-state index contributed by atoms with van der Waals surface area (Å²) in [7, 11) is 3.53. The van der Waals surface area contributed by atoms with Gasteiger partial charge in [0.05, 0.1) is 18.2 Å². The minimum Gasteiger partial charge on any atom is -0.481 e. The van der Waals surface area contributed by atoms with E-state index in [1.54, 1.807) is 18.9 Å². The van der Waals surface area contributed by atoms with E-state index in [2.05, 4.69) is 61.8 Å². The standard InChI is InChI=1S/C26H31ClN2O2S/c1-25(2)16-28-13-12-26(25,31-4)23(17-6-8-19(27)9-7-17)21-15-18-14-20(32-5)10-11-22(18)29-24(21)30-3/h6-11,14-15,23,28H,12-13,16H2,1-5H3. The summed E-state index contributed by atoms with van der Waals surface area (Å²) in [5, 5.41) is 5.37. The van der Waals surface area contributed by atoms with E-state index in [-0.39, 0.29) is 11.3 Å². The van der Waals surface area contributed by atoms with Gasteiger partial charge in [0.2, 0.25) is 5.88 Å². The number of halogens is 1. The number of benzene rings is 2. The van der Waals surface area contributed by atoms with Gasteiger partial charge in [0, 0.05) is 45.9 Å². The first-order valence-corrected chi connectivity index (χ1v) is 12.5. The third-order valence-electron chi connectivity index (χ3n) is 6.94. The Bertz CT molecular complexity index is 1100. The van der Waals surface area contributed by atoms with Crippen LogP contribution in [0.2, 0.25) is 5.02 Å². The molecule has 2 heterocycles. The van der Waals surface area contributed by atoms with Crippen molar-refractivity contribution in [1.82, 2.24) is 10.3 Å². The van der Waals surface area contributed by atoms with E-state index >= 15 is 0 Å². The summed E-state index contributed by atoms with van der Waals surface area (Å²) in [6, 6.07) is 16.7. The highest BCUT2D eigenvalue weighted by atomic mass is 35.5. The molecule has 1 fully saturated rings. The highest BCUT2D eigenvalue weighted by Crippen LogP contribution is 2.53. The van der Waals surface area contributed by atoms with Crippen molar-refractivity contribution in [2.75, 3.05) is 33.6 Å². The molecule has 2 atom stereocenters. The molecule has 1 saturated heterocycles. The summed E-state index contributed by atoms with van der Waals surface area (Å²) in [6.07, 6.45) is 2.96. The van der Waals surface area contributed by atoms with Crippen LogP contribution in [0.15, 0.2) is 53.4 Å². The topological polar surface area (TPSA) is 43.4 Å². The first-order chi connectivity index (χ1) is 15.3. The molecular formula is C26H31ClN2O2S. The second kappa shape index (κ2) is 9.22. The first kappa shape index (κ1) is 23.4. The number of hydrogen-bond acceptors (Lipinski definition) is 5. The van der Waals surface area contributed by atoms with Gasteiger partial charge in [0.15, 0.2) is 0 Å². The Kier molecular flexibility index (Phi) is 6.73. The van der Waals surface area contributed by atoms with E-state index in [0.29, 0.717) is 5.88 Å². The van der Waals surface area contributed by atoms with E-state index < -0.39 is 5.60 Å². The highest BCUT2D eigenvalue weighted by Gasteiger charge is 2.54. The fraction of sp³-hybridized carbons (Fsp3) is 0.423. The summed E-state index contributed by atoms with van der Waals surface area (Å²) >= 11 is 7.99. The molecule has 2 unspecified atom stereocenters. The summed E-state index contributed by atoms with van der Waals surface area (Å²) < 4.78 is 12.4. The minimum atomic E-state index is -0.453. The highest BCUT2D eigenvalue weighted by molar-refractivity contribution is 7.98. The zero-order chi connectivity index (χ0) is 22.9. The van der Waals surface area contributed by atoms with Gasteiger partial charge in [-0.3, -0.25) is 0 Å². The zero-order valence-corrected chi connectivity index (χ0v) is 20.9. The minimum absolute atomic E-state index is 0.0772. The third-order valence-corrected chi connectivity index (χ3v) is 7.92. The van der Waals surface area contributed by atoms with E-state index in [4.69, 9.17) is 26.1 Å². The van der Waals surface area contributed by atoms with Crippen LogP contribution in [0, 0.1) is 5.41 Å². The number of aromatic nitrogens is 1. The zero-order valence-electron chi connectivity index (χ0n) is 19.4. The number of thioether (sulfide) groups is 1. The molecule has 0 radical (unpaired) electrons. The van der Waals surface area contributed by atoms with E-state index in [0.717, 1.165) is 46.6 Å². The van der Waals surface area contributed by atoms with Crippen LogP contribution < -0.4 is 10.1 Å². The average Bonchev–Trinajstić information content (AvgIpc) is 2.80. The van der Waals surface area contributed by atoms with Gasteiger partial charge in [-0.1, -0.05) is 37.6 Å². The molecule has 3 aromatic rings. The lowest BCUT2D eigenvalue weighted by Crippen LogP contribution is -2.60. The number of hydrogen-bond donors (Lipinski definition) is 1. The molecule has 0 bridgehead atoms. The number of fused-ring (bicyclic) bond motifs is 1. The van der Waals surface area contributed by atoms with Gasteiger partial charge >= 0.3 is 0 Å². The Morgan fingerprint density at radius 2 is 1.84 bits per heavy atom. The number of pyridine rings is 1. The molecule has 1 aliphatic rings. The molecular weight excluding hydrogens is 440 g/mol. The number of nitrogens with one attached hydrogen (secondary N) is 1. The monoisotopic (exact) mass is 470 g/mol. The molecule has 2 aromatic carbocycles. The summed E-state index contributed by atoms with van der Waals surface area (Å²) in [6.45, 7) is 6.31.